The van der Waals surface area contributed by atoms with Crippen LogP contribution in [0.3, 0.4) is 0 Å². The van der Waals surface area contributed by atoms with E-state index < -0.39 is 17.5 Å². The Kier molecular flexibility index (Phi) is 3.92. The minimum absolute atomic E-state index is 0.0482. The van der Waals surface area contributed by atoms with E-state index in [0.717, 1.165) is 0 Å². The van der Waals surface area contributed by atoms with E-state index in [-0.39, 0.29) is 17.1 Å². The monoisotopic (exact) mass is 334 g/mol. The molecule has 3 rings (SSSR count). The van der Waals surface area contributed by atoms with Crippen LogP contribution in [-0.2, 0) is 13.6 Å². The van der Waals surface area contributed by atoms with Crippen molar-refractivity contribution in [2.45, 2.75) is 6.54 Å². The summed E-state index contributed by atoms with van der Waals surface area (Å²) in [4.78, 5) is 23.5. The molecule has 0 fully saturated rings. The van der Waals surface area contributed by atoms with Crippen molar-refractivity contribution in [3.05, 3.63) is 68.9 Å². The number of oxazole rings is 1. The summed E-state index contributed by atoms with van der Waals surface area (Å²) in [5.74, 6) is -1.75. The third-order valence-electron chi connectivity index (χ3n) is 3.50. The Hall–Kier alpha value is -2.60. The summed E-state index contributed by atoms with van der Waals surface area (Å²) < 4.78 is 20.2. The number of hydrogen-bond donors (Lipinski definition) is 1. The fourth-order valence-corrected chi connectivity index (χ4v) is 2.52. The summed E-state index contributed by atoms with van der Waals surface area (Å²) >= 11 is 5.85. The van der Waals surface area contributed by atoms with Gasteiger partial charge in [0, 0.05) is 13.6 Å². The molecule has 1 amide bonds. The molecule has 2 aromatic carbocycles. The van der Waals surface area contributed by atoms with Crippen LogP contribution < -0.4 is 11.1 Å². The van der Waals surface area contributed by atoms with E-state index >= 15 is 0 Å². The molecule has 0 atom stereocenters. The van der Waals surface area contributed by atoms with Gasteiger partial charge in [0.15, 0.2) is 5.58 Å². The molecule has 5 nitrogen and oxygen atoms in total. The second-order valence-corrected chi connectivity index (χ2v) is 5.42. The van der Waals surface area contributed by atoms with Gasteiger partial charge in [-0.2, -0.15) is 0 Å². The summed E-state index contributed by atoms with van der Waals surface area (Å²) in [6.45, 7) is 0.151. The summed E-state index contributed by atoms with van der Waals surface area (Å²) in [6, 6.07) is 9.17. The number of nitrogens with one attached hydrogen (secondary N) is 1. The standard InChI is InChI=1S/C16H12ClFN2O3/c1-20-12-6-5-9(7-13(12)23-16(20)22)8-19-15(21)14-10(17)3-2-4-11(14)18/h2-7H,8H2,1H3,(H,19,21). The average Bonchev–Trinajstić information content (AvgIpc) is 2.79. The van der Waals surface area contributed by atoms with Gasteiger partial charge in [-0.1, -0.05) is 23.7 Å². The normalized spacial score (nSPS) is 10.9. The predicted molar refractivity (Wildman–Crippen MR) is 84.0 cm³/mol. The molecule has 0 aliphatic heterocycles. The van der Waals surface area contributed by atoms with Gasteiger partial charge in [0.25, 0.3) is 5.91 Å². The van der Waals surface area contributed by atoms with Crippen molar-refractivity contribution in [3.8, 4) is 0 Å². The number of hydrogen-bond acceptors (Lipinski definition) is 3. The van der Waals surface area contributed by atoms with Crippen molar-refractivity contribution in [1.82, 2.24) is 9.88 Å². The number of carbonyl (C=O) groups excluding carboxylic acids is 1. The third-order valence-corrected chi connectivity index (χ3v) is 3.81. The van der Waals surface area contributed by atoms with Crippen LogP contribution in [-0.4, -0.2) is 10.5 Å². The highest BCUT2D eigenvalue weighted by Crippen LogP contribution is 2.19. The van der Waals surface area contributed by atoms with Crippen LogP contribution in [0.15, 0.2) is 45.6 Å². The van der Waals surface area contributed by atoms with Gasteiger partial charge in [0.2, 0.25) is 0 Å². The summed E-state index contributed by atoms with van der Waals surface area (Å²) in [5, 5.41) is 2.64. The quantitative estimate of drug-likeness (QED) is 0.801. The van der Waals surface area contributed by atoms with Gasteiger partial charge in [-0.15, -0.1) is 0 Å². The molecule has 1 aromatic heterocycles. The molecule has 1 N–H and O–H groups in total. The lowest BCUT2D eigenvalue weighted by Gasteiger charge is -2.08. The van der Waals surface area contributed by atoms with Gasteiger partial charge in [-0.3, -0.25) is 9.36 Å². The third kappa shape index (κ3) is 2.85. The molecule has 0 saturated heterocycles. The number of rotatable bonds is 3. The molecule has 1 heterocycles. The Morgan fingerprint density at radius 2 is 2.13 bits per heavy atom. The van der Waals surface area contributed by atoms with Crippen LogP contribution in [0.2, 0.25) is 5.02 Å². The molecule has 0 radical (unpaired) electrons. The predicted octanol–water partition coefficient (Wildman–Crippen LogP) is 2.85. The van der Waals surface area contributed by atoms with Gasteiger partial charge in [0.1, 0.15) is 5.82 Å². The molecule has 7 heteroatoms. The smallest absolute Gasteiger partial charge is 0.408 e. The van der Waals surface area contributed by atoms with Crippen molar-refractivity contribution < 1.29 is 13.6 Å². The fraction of sp³-hybridized carbons (Fsp3) is 0.125. The first-order valence-corrected chi connectivity index (χ1v) is 7.16. The highest BCUT2D eigenvalue weighted by Gasteiger charge is 2.15. The fourth-order valence-electron chi connectivity index (χ4n) is 2.27. The maximum atomic E-state index is 13.7. The summed E-state index contributed by atoms with van der Waals surface area (Å²) in [6.07, 6.45) is 0. The zero-order valence-electron chi connectivity index (χ0n) is 12.1. The molecule has 0 bridgehead atoms. The average molecular weight is 335 g/mol. The van der Waals surface area contributed by atoms with Crippen LogP contribution in [0, 0.1) is 5.82 Å². The lowest BCUT2D eigenvalue weighted by atomic mass is 10.1. The molecule has 0 aliphatic carbocycles. The van der Waals surface area contributed by atoms with Gasteiger partial charge < -0.3 is 9.73 Å². The molecule has 0 unspecified atom stereocenters. The zero-order valence-corrected chi connectivity index (χ0v) is 12.9. The Morgan fingerprint density at radius 3 is 2.87 bits per heavy atom. The van der Waals surface area contributed by atoms with E-state index in [0.29, 0.717) is 16.7 Å². The first kappa shape index (κ1) is 15.3. The molecule has 23 heavy (non-hydrogen) atoms. The van der Waals surface area contributed by atoms with Crippen molar-refractivity contribution in [1.29, 1.82) is 0 Å². The number of aryl methyl sites for hydroxylation is 1. The Balaban J connectivity index is 1.80. The van der Waals surface area contributed by atoms with Gasteiger partial charge in [0.05, 0.1) is 16.1 Å². The molecular weight excluding hydrogens is 323 g/mol. The Bertz CT molecular complexity index is 941. The van der Waals surface area contributed by atoms with Crippen LogP contribution >= 0.6 is 11.6 Å². The lowest BCUT2D eigenvalue weighted by Crippen LogP contribution is -2.24. The Labute approximate surface area is 135 Å². The minimum atomic E-state index is -0.681. The van der Waals surface area contributed by atoms with Crippen molar-refractivity contribution in [3.63, 3.8) is 0 Å². The lowest BCUT2D eigenvalue weighted by molar-refractivity contribution is 0.0947. The van der Waals surface area contributed by atoms with Crippen LogP contribution in [0.4, 0.5) is 4.39 Å². The molecule has 3 aromatic rings. The first-order chi connectivity index (χ1) is 11.0. The van der Waals surface area contributed by atoms with Crippen molar-refractivity contribution in [2.75, 3.05) is 0 Å². The zero-order chi connectivity index (χ0) is 16.6. The topological polar surface area (TPSA) is 64.2 Å². The molecule has 0 aliphatic rings. The molecule has 0 saturated carbocycles. The van der Waals surface area contributed by atoms with E-state index in [1.165, 1.54) is 22.8 Å². The van der Waals surface area contributed by atoms with Crippen molar-refractivity contribution >= 4 is 28.6 Å². The number of carbonyl (C=O) groups is 1. The first-order valence-electron chi connectivity index (χ1n) is 6.78. The molecular formula is C16H12ClFN2O3. The SMILES string of the molecule is Cn1c(=O)oc2cc(CNC(=O)c3c(F)cccc3Cl)ccc21. The van der Waals surface area contributed by atoms with Crippen LogP contribution in [0.5, 0.6) is 0 Å². The number of halogens is 2. The second kappa shape index (κ2) is 5.89. The van der Waals surface area contributed by atoms with Crippen LogP contribution in [0.1, 0.15) is 15.9 Å². The molecule has 118 valence electrons. The van der Waals surface area contributed by atoms with Gasteiger partial charge >= 0.3 is 5.76 Å². The largest absolute Gasteiger partial charge is 0.419 e. The maximum absolute atomic E-state index is 13.7. The van der Waals surface area contributed by atoms with E-state index in [1.54, 1.807) is 25.2 Å². The number of nitrogens with zero attached hydrogens (tertiary/aromatic N) is 1. The maximum Gasteiger partial charge on any atom is 0.419 e. The van der Waals surface area contributed by atoms with E-state index in [9.17, 15) is 14.0 Å². The van der Waals surface area contributed by atoms with Crippen molar-refractivity contribution in [2.24, 2.45) is 7.05 Å². The van der Waals surface area contributed by atoms with E-state index in [1.807, 2.05) is 0 Å². The Morgan fingerprint density at radius 1 is 1.35 bits per heavy atom. The highest BCUT2D eigenvalue weighted by molar-refractivity contribution is 6.33. The summed E-state index contributed by atoms with van der Waals surface area (Å²) in [5.41, 5.74) is 1.60. The highest BCUT2D eigenvalue weighted by atomic mass is 35.5. The van der Waals surface area contributed by atoms with Gasteiger partial charge in [-0.05, 0) is 29.8 Å². The van der Waals surface area contributed by atoms with E-state index in [2.05, 4.69) is 5.32 Å². The number of benzene rings is 2. The minimum Gasteiger partial charge on any atom is -0.408 e. The van der Waals surface area contributed by atoms with Gasteiger partial charge in [-0.25, -0.2) is 9.18 Å². The number of fused-ring (bicyclic) bond motifs is 1. The number of aromatic nitrogens is 1. The van der Waals surface area contributed by atoms with E-state index in [4.69, 9.17) is 16.0 Å². The van der Waals surface area contributed by atoms with Crippen LogP contribution in [0.25, 0.3) is 11.1 Å². The second-order valence-electron chi connectivity index (χ2n) is 5.01. The number of amides is 1. The summed E-state index contributed by atoms with van der Waals surface area (Å²) in [7, 11) is 1.61. The molecule has 0 spiro atoms.